The van der Waals surface area contributed by atoms with Crippen molar-refractivity contribution in [3.63, 3.8) is 0 Å². The van der Waals surface area contributed by atoms with Crippen molar-refractivity contribution in [2.45, 2.75) is 6.42 Å². The first-order chi connectivity index (χ1) is 11.2. The normalized spacial score (nSPS) is 15.5. The Bertz CT molecular complexity index is 761. The highest BCUT2D eigenvalue weighted by Gasteiger charge is 2.21. The SMILES string of the molecule is C#CCCN1CCN(c2ccc([N+](=O)[O-])c3cnccc23)CC1. The number of anilines is 1. The molecule has 6 heteroatoms. The van der Waals surface area contributed by atoms with Gasteiger partial charge in [-0.25, -0.2) is 0 Å². The lowest BCUT2D eigenvalue weighted by atomic mass is 10.1. The number of non-ortho nitro benzene ring substituents is 1. The average Bonchev–Trinajstić information content (AvgIpc) is 2.59. The highest BCUT2D eigenvalue weighted by molar-refractivity contribution is 5.99. The molecule has 23 heavy (non-hydrogen) atoms. The second-order valence-electron chi connectivity index (χ2n) is 5.56. The van der Waals surface area contributed by atoms with Crippen molar-refractivity contribution in [2.24, 2.45) is 0 Å². The molecule has 0 saturated carbocycles. The molecular formula is C17H18N4O2. The Hall–Kier alpha value is -2.65. The van der Waals surface area contributed by atoms with Gasteiger partial charge >= 0.3 is 0 Å². The Morgan fingerprint density at radius 3 is 2.70 bits per heavy atom. The zero-order valence-electron chi connectivity index (χ0n) is 12.8. The molecule has 3 rings (SSSR count). The van der Waals surface area contributed by atoms with Crippen molar-refractivity contribution < 1.29 is 4.92 Å². The predicted molar refractivity (Wildman–Crippen MR) is 90.5 cm³/mol. The lowest BCUT2D eigenvalue weighted by molar-refractivity contribution is -0.383. The van der Waals surface area contributed by atoms with Crippen molar-refractivity contribution in [3.8, 4) is 12.3 Å². The Kier molecular flexibility index (Phi) is 4.40. The second-order valence-corrected chi connectivity index (χ2v) is 5.56. The first-order valence-electron chi connectivity index (χ1n) is 7.62. The van der Waals surface area contributed by atoms with Gasteiger partial charge in [0.05, 0.1) is 10.3 Å². The fourth-order valence-corrected chi connectivity index (χ4v) is 3.03. The van der Waals surface area contributed by atoms with Crippen molar-refractivity contribution in [2.75, 3.05) is 37.6 Å². The maximum absolute atomic E-state index is 11.2. The maximum Gasteiger partial charge on any atom is 0.278 e. The zero-order chi connectivity index (χ0) is 16.2. The molecule has 2 aromatic rings. The van der Waals surface area contributed by atoms with Crippen molar-refractivity contribution in [1.82, 2.24) is 9.88 Å². The molecule has 1 aromatic heterocycles. The number of benzene rings is 1. The van der Waals surface area contributed by atoms with Crippen molar-refractivity contribution in [3.05, 3.63) is 40.7 Å². The Morgan fingerprint density at radius 2 is 2.00 bits per heavy atom. The number of hydrogen-bond acceptors (Lipinski definition) is 5. The van der Waals surface area contributed by atoms with Crippen LogP contribution in [0.5, 0.6) is 0 Å². The van der Waals surface area contributed by atoms with E-state index < -0.39 is 0 Å². The number of piperazine rings is 1. The summed E-state index contributed by atoms with van der Waals surface area (Å²) in [5.41, 5.74) is 1.13. The zero-order valence-corrected chi connectivity index (χ0v) is 12.8. The third-order valence-corrected chi connectivity index (χ3v) is 4.25. The second kappa shape index (κ2) is 6.63. The lowest BCUT2D eigenvalue weighted by Crippen LogP contribution is -2.46. The monoisotopic (exact) mass is 310 g/mol. The van der Waals surface area contributed by atoms with E-state index in [1.807, 2.05) is 12.1 Å². The van der Waals surface area contributed by atoms with Crippen LogP contribution in [0.3, 0.4) is 0 Å². The third-order valence-electron chi connectivity index (χ3n) is 4.25. The molecule has 0 bridgehead atoms. The Balaban J connectivity index is 1.86. The molecule has 2 heterocycles. The Labute approximate surface area is 134 Å². The third kappa shape index (κ3) is 3.10. The summed E-state index contributed by atoms with van der Waals surface area (Å²) in [4.78, 5) is 19.5. The average molecular weight is 310 g/mol. The molecule has 1 aromatic carbocycles. The highest BCUT2D eigenvalue weighted by atomic mass is 16.6. The molecule has 0 amide bonds. The van der Waals surface area contributed by atoms with E-state index in [0.29, 0.717) is 5.39 Å². The summed E-state index contributed by atoms with van der Waals surface area (Å²) < 4.78 is 0. The summed E-state index contributed by atoms with van der Waals surface area (Å²) in [6, 6.07) is 5.27. The quantitative estimate of drug-likeness (QED) is 0.492. The molecule has 1 aliphatic rings. The molecule has 0 spiro atoms. The van der Waals surface area contributed by atoms with Crippen LogP contribution in [-0.4, -0.2) is 47.5 Å². The smallest absolute Gasteiger partial charge is 0.278 e. The van der Waals surface area contributed by atoms with E-state index in [-0.39, 0.29) is 10.6 Å². The molecule has 1 fully saturated rings. The van der Waals surface area contributed by atoms with Crippen LogP contribution in [0, 0.1) is 22.5 Å². The molecule has 6 nitrogen and oxygen atoms in total. The van der Waals surface area contributed by atoms with Crippen LogP contribution in [0.4, 0.5) is 11.4 Å². The van der Waals surface area contributed by atoms with E-state index >= 15 is 0 Å². The van der Waals surface area contributed by atoms with Crippen LogP contribution in [0.2, 0.25) is 0 Å². The minimum Gasteiger partial charge on any atom is -0.368 e. The van der Waals surface area contributed by atoms with E-state index in [0.717, 1.165) is 50.2 Å². The van der Waals surface area contributed by atoms with Gasteiger partial charge in [-0.05, 0) is 12.1 Å². The van der Waals surface area contributed by atoms with Gasteiger partial charge in [-0.2, -0.15) is 0 Å². The standard InChI is InChI=1S/C17H18N4O2/c1-2-3-8-19-9-11-20(12-10-19)16-4-5-17(21(22)23)15-13-18-7-6-14(15)16/h1,4-7,13H,3,8-12H2. The van der Waals surface area contributed by atoms with Crippen LogP contribution in [-0.2, 0) is 0 Å². The van der Waals surface area contributed by atoms with Crippen LogP contribution < -0.4 is 4.90 Å². The summed E-state index contributed by atoms with van der Waals surface area (Å²) >= 11 is 0. The molecule has 0 aliphatic carbocycles. The minimum atomic E-state index is -0.356. The van der Waals surface area contributed by atoms with Crippen LogP contribution in [0.1, 0.15) is 6.42 Å². The van der Waals surface area contributed by atoms with Gasteiger partial charge in [0.15, 0.2) is 0 Å². The molecule has 1 saturated heterocycles. The van der Waals surface area contributed by atoms with Crippen LogP contribution >= 0.6 is 0 Å². The number of fused-ring (bicyclic) bond motifs is 1. The topological polar surface area (TPSA) is 62.5 Å². The van der Waals surface area contributed by atoms with E-state index in [9.17, 15) is 10.1 Å². The number of rotatable bonds is 4. The number of aromatic nitrogens is 1. The summed E-state index contributed by atoms with van der Waals surface area (Å²) in [5.74, 6) is 2.67. The lowest BCUT2D eigenvalue weighted by Gasteiger charge is -2.36. The molecule has 118 valence electrons. The number of nitrogens with zero attached hydrogens (tertiary/aromatic N) is 4. The Morgan fingerprint density at radius 1 is 1.22 bits per heavy atom. The van der Waals surface area contributed by atoms with E-state index in [1.165, 1.54) is 0 Å². The number of nitro groups is 1. The molecular weight excluding hydrogens is 292 g/mol. The van der Waals surface area contributed by atoms with Gasteiger partial charge in [-0.3, -0.25) is 20.0 Å². The molecule has 0 N–H and O–H groups in total. The van der Waals surface area contributed by atoms with Crippen molar-refractivity contribution in [1.29, 1.82) is 0 Å². The summed E-state index contributed by atoms with van der Waals surface area (Å²) in [6.45, 7) is 4.60. The first-order valence-corrected chi connectivity index (χ1v) is 7.62. The van der Waals surface area contributed by atoms with Crippen LogP contribution in [0.15, 0.2) is 30.6 Å². The number of pyridine rings is 1. The predicted octanol–water partition coefficient (Wildman–Crippen LogP) is 2.29. The van der Waals surface area contributed by atoms with Gasteiger partial charge < -0.3 is 4.90 Å². The van der Waals surface area contributed by atoms with Crippen molar-refractivity contribution >= 4 is 22.1 Å². The maximum atomic E-state index is 11.2. The number of terminal acetylenes is 1. The van der Waals surface area contributed by atoms with Gasteiger partial charge in [0.25, 0.3) is 5.69 Å². The fraction of sp³-hybridized carbons (Fsp3) is 0.353. The molecule has 1 aliphatic heterocycles. The van der Waals surface area contributed by atoms with Gasteiger partial charge in [-0.1, -0.05) is 0 Å². The van der Waals surface area contributed by atoms with Gasteiger partial charge in [0.2, 0.25) is 0 Å². The minimum absolute atomic E-state index is 0.101. The first kappa shape index (κ1) is 15.3. The number of nitro benzene ring substituents is 1. The summed E-state index contributed by atoms with van der Waals surface area (Å²) in [7, 11) is 0. The van der Waals surface area contributed by atoms with Gasteiger partial charge in [0, 0.05) is 68.7 Å². The molecule has 0 atom stereocenters. The summed E-state index contributed by atoms with van der Waals surface area (Å²) in [5, 5.41) is 12.7. The van der Waals surface area contributed by atoms with Crippen LogP contribution in [0.25, 0.3) is 10.8 Å². The summed E-state index contributed by atoms with van der Waals surface area (Å²) in [6.07, 6.45) is 9.34. The molecule has 0 unspecified atom stereocenters. The highest BCUT2D eigenvalue weighted by Crippen LogP contribution is 2.33. The van der Waals surface area contributed by atoms with E-state index in [1.54, 1.807) is 18.5 Å². The molecule has 0 radical (unpaired) electrons. The number of hydrogen-bond donors (Lipinski definition) is 0. The van der Waals surface area contributed by atoms with E-state index in [2.05, 4.69) is 20.7 Å². The van der Waals surface area contributed by atoms with Gasteiger partial charge in [-0.15, -0.1) is 12.3 Å². The largest absolute Gasteiger partial charge is 0.368 e. The van der Waals surface area contributed by atoms with E-state index in [4.69, 9.17) is 6.42 Å². The fourth-order valence-electron chi connectivity index (χ4n) is 3.03. The van der Waals surface area contributed by atoms with Gasteiger partial charge in [0.1, 0.15) is 0 Å².